The number of rotatable bonds is 3. The molecule has 1 fully saturated rings. The number of carbonyl (C=O) groups excluding carboxylic acids is 1. The first-order valence-corrected chi connectivity index (χ1v) is 6.73. The fourth-order valence-corrected chi connectivity index (χ4v) is 3.40. The first-order valence-electron chi connectivity index (χ1n) is 6.73. The molecule has 0 amide bonds. The van der Waals surface area contributed by atoms with Gasteiger partial charge in [-0.1, -0.05) is 6.08 Å². The first kappa shape index (κ1) is 12.8. The molecule has 1 heterocycles. The van der Waals surface area contributed by atoms with Gasteiger partial charge in [-0.15, -0.1) is 0 Å². The Hall–Kier alpha value is -0.630. The Morgan fingerprint density at radius 2 is 2.24 bits per heavy atom. The Morgan fingerprint density at radius 1 is 1.53 bits per heavy atom. The first-order chi connectivity index (χ1) is 7.86. The second kappa shape index (κ2) is 4.24. The molecular weight excluding hydrogens is 212 g/mol. The summed E-state index contributed by atoms with van der Waals surface area (Å²) in [6.07, 6.45) is 7.33. The Bertz CT molecular complexity index is 354. The molecule has 0 aromatic rings. The molecule has 0 bridgehead atoms. The van der Waals surface area contributed by atoms with Crippen LogP contribution in [0.5, 0.6) is 0 Å². The van der Waals surface area contributed by atoms with Crippen molar-refractivity contribution >= 4 is 5.78 Å². The van der Waals surface area contributed by atoms with E-state index in [1.54, 1.807) is 6.92 Å². The molecule has 17 heavy (non-hydrogen) atoms. The largest absolute Gasteiger partial charge is 0.364 e. The molecule has 0 unspecified atom stereocenters. The number of allylic oxidation sites excluding steroid dienone is 1. The molecule has 2 rings (SSSR count). The summed E-state index contributed by atoms with van der Waals surface area (Å²) < 4.78 is 6.37. The van der Waals surface area contributed by atoms with Crippen LogP contribution in [-0.2, 0) is 9.53 Å². The highest BCUT2D eigenvalue weighted by Crippen LogP contribution is 2.52. The van der Waals surface area contributed by atoms with Gasteiger partial charge in [0.2, 0.25) is 0 Å². The summed E-state index contributed by atoms with van der Waals surface area (Å²) in [5.74, 6) is 0.799. The van der Waals surface area contributed by atoms with Gasteiger partial charge in [-0.2, -0.15) is 0 Å². The molecule has 0 aromatic carbocycles. The molecule has 2 heteroatoms. The maximum Gasteiger partial charge on any atom is 0.129 e. The van der Waals surface area contributed by atoms with E-state index < -0.39 is 0 Å². The average Bonchev–Trinajstić information content (AvgIpc) is 2.66. The van der Waals surface area contributed by atoms with Gasteiger partial charge in [0.15, 0.2) is 0 Å². The topological polar surface area (TPSA) is 26.3 Å². The smallest absolute Gasteiger partial charge is 0.129 e. The molecule has 1 spiro atoms. The number of ketones is 1. The fraction of sp³-hybridized carbons (Fsp3) is 0.800. The van der Waals surface area contributed by atoms with E-state index in [-0.39, 0.29) is 11.2 Å². The summed E-state index contributed by atoms with van der Waals surface area (Å²) in [4.78, 5) is 11.1. The van der Waals surface area contributed by atoms with Crippen molar-refractivity contribution in [1.82, 2.24) is 0 Å². The summed E-state index contributed by atoms with van der Waals surface area (Å²) in [6, 6.07) is 0. The maximum atomic E-state index is 11.1. The Morgan fingerprint density at radius 3 is 2.76 bits per heavy atom. The van der Waals surface area contributed by atoms with Crippen LogP contribution in [0.1, 0.15) is 59.8 Å². The monoisotopic (exact) mass is 236 g/mol. The molecular formula is C15H24O2. The minimum absolute atomic E-state index is 0.00897. The highest BCUT2D eigenvalue weighted by molar-refractivity contribution is 5.75. The molecule has 0 saturated carbocycles. The molecule has 0 radical (unpaired) electrons. The Kier molecular flexibility index (Phi) is 3.19. The summed E-state index contributed by atoms with van der Waals surface area (Å²) in [5, 5.41) is 0. The van der Waals surface area contributed by atoms with Crippen LogP contribution in [0.15, 0.2) is 11.6 Å². The highest BCUT2D eigenvalue weighted by Gasteiger charge is 2.52. The standard InChI is InChI=1S/C15H24O2/c1-11-6-5-9-15(11)10-13(8-7-12(2)16)14(3,4)17-15/h6,13H,5,7-10H2,1-4H3/t13-,15-/m0/s1. The van der Waals surface area contributed by atoms with Crippen LogP contribution in [0, 0.1) is 5.92 Å². The van der Waals surface area contributed by atoms with E-state index in [2.05, 4.69) is 26.8 Å². The van der Waals surface area contributed by atoms with Crippen molar-refractivity contribution in [2.24, 2.45) is 5.92 Å². The van der Waals surface area contributed by atoms with Gasteiger partial charge in [-0.25, -0.2) is 0 Å². The van der Waals surface area contributed by atoms with E-state index in [0.717, 1.165) is 25.7 Å². The zero-order chi connectivity index (χ0) is 12.7. The van der Waals surface area contributed by atoms with Gasteiger partial charge in [0.1, 0.15) is 5.78 Å². The van der Waals surface area contributed by atoms with Gasteiger partial charge in [0.25, 0.3) is 0 Å². The summed E-state index contributed by atoms with van der Waals surface area (Å²) in [5.41, 5.74) is 1.30. The van der Waals surface area contributed by atoms with Crippen LogP contribution in [0.25, 0.3) is 0 Å². The van der Waals surface area contributed by atoms with E-state index in [1.807, 2.05) is 0 Å². The third-order valence-electron chi connectivity index (χ3n) is 4.58. The molecule has 0 N–H and O–H groups in total. The normalized spacial score (nSPS) is 35.3. The van der Waals surface area contributed by atoms with Crippen LogP contribution >= 0.6 is 0 Å². The predicted octanol–water partition coefficient (Wildman–Crippen LogP) is 3.65. The minimum Gasteiger partial charge on any atom is -0.364 e. The van der Waals surface area contributed by atoms with Crippen molar-refractivity contribution in [2.75, 3.05) is 0 Å². The van der Waals surface area contributed by atoms with E-state index in [1.165, 1.54) is 5.57 Å². The molecule has 2 nitrogen and oxygen atoms in total. The number of carbonyl (C=O) groups is 1. The zero-order valence-electron chi connectivity index (χ0n) is 11.5. The second-order valence-corrected chi connectivity index (χ2v) is 6.27. The maximum absolute atomic E-state index is 11.1. The van der Waals surface area contributed by atoms with E-state index in [0.29, 0.717) is 18.1 Å². The number of Topliss-reactive ketones (excluding diaryl/α,β-unsaturated/α-hetero) is 1. The van der Waals surface area contributed by atoms with Crippen LogP contribution in [0.4, 0.5) is 0 Å². The molecule has 1 aliphatic carbocycles. The fourth-order valence-electron chi connectivity index (χ4n) is 3.40. The third kappa shape index (κ3) is 2.33. The van der Waals surface area contributed by atoms with Crippen LogP contribution in [0.2, 0.25) is 0 Å². The van der Waals surface area contributed by atoms with Gasteiger partial charge >= 0.3 is 0 Å². The van der Waals surface area contributed by atoms with Gasteiger partial charge in [0, 0.05) is 6.42 Å². The van der Waals surface area contributed by atoms with Crippen molar-refractivity contribution in [3.8, 4) is 0 Å². The summed E-state index contributed by atoms with van der Waals surface area (Å²) in [7, 11) is 0. The predicted molar refractivity (Wildman–Crippen MR) is 68.9 cm³/mol. The van der Waals surface area contributed by atoms with Gasteiger partial charge < -0.3 is 9.53 Å². The van der Waals surface area contributed by atoms with E-state index >= 15 is 0 Å². The van der Waals surface area contributed by atoms with Crippen molar-refractivity contribution in [2.45, 2.75) is 71.0 Å². The number of hydrogen-bond donors (Lipinski definition) is 0. The van der Waals surface area contributed by atoms with Crippen molar-refractivity contribution in [3.63, 3.8) is 0 Å². The van der Waals surface area contributed by atoms with Crippen LogP contribution in [-0.4, -0.2) is 17.0 Å². The van der Waals surface area contributed by atoms with Gasteiger partial charge in [0.05, 0.1) is 11.2 Å². The number of hydrogen-bond acceptors (Lipinski definition) is 2. The van der Waals surface area contributed by atoms with Crippen LogP contribution in [0.3, 0.4) is 0 Å². The van der Waals surface area contributed by atoms with Gasteiger partial charge in [-0.05, 0) is 64.9 Å². The summed E-state index contributed by atoms with van der Waals surface area (Å²) >= 11 is 0. The Labute approximate surface area is 104 Å². The molecule has 1 saturated heterocycles. The highest BCUT2D eigenvalue weighted by atomic mass is 16.5. The molecule has 2 atom stereocenters. The average molecular weight is 236 g/mol. The third-order valence-corrected chi connectivity index (χ3v) is 4.58. The zero-order valence-corrected chi connectivity index (χ0v) is 11.5. The lowest BCUT2D eigenvalue weighted by molar-refractivity contribution is -0.117. The number of ether oxygens (including phenoxy) is 1. The molecule has 96 valence electrons. The lowest BCUT2D eigenvalue weighted by Crippen LogP contribution is -2.32. The summed E-state index contributed by atoms with van der Waals surface area (Å²) in [6.45, 7) is 8.23. The lowest BCUT2D eigenvalue weighted by atomic mass is 9.81. The molecule has 0 aromatic heterocycles. The Balaban J connectivity index is 2.09. The van der Waals surface area contributed by atoms with Crippen molar-refractivity contribution in [3.05, 3.63) is 11.6 Å². The van der Waals surface area contributed by atoms with Crippen molar-refractivity contribution < 1.29 is 9.53 Å². The quantitative estimate of drug-likeness (QED) is 0.699. The van der Waals surface area contributed by atoms with Crippen LogP contribution < -0.4 is 0 Å². The van der Waals surface area contributed by atoms with E-state index in [4.69, 9.17) is 4.74 Å². The van der Waals surface area contributed by atoms with Gasteiger partial charge in [-0.3, -0.25) is 0 Å². The SMILES string of the molecule is CC(=O)CC[C@H]1C[C@]2(CCC=C2C)OC1(C)C. The second-order valence-electron chi connectivity index (χ2n) is 6.27. The lowest BCUT2D eigenvalue weighted by Gasteiger charge is -2.30. The van der Waals surface area contributed by atoms with E-state index in [9.17, 15) is 4.79 Å². The van der Waals surface area contributed by atoms with Crippen molar-refractivity contribution in [1.29, 1.82) is 0 Å². The minimum atomic E-state index is -0.0884. The molecule has 2 aliphatic rings. The molecule has 1 aliphatic heterocycles.